The number of piperidine rings is 1. The number of H-pyrrole nitrogens is 1. The number of nitrogens with zero attached hydrogens (tertiary/aromatic N) is 2. The van der Waals surface area contributed by atoms with Crippen LogP contribution in [0.3, 0.4) is 0 Å². The Morgan fingerprint density at radius 3 is 2.95 bits per heavy atom. The molecular formula is C16H22N4O2. The van der Waals surface area contributed by atoms with Crippen LogP contribution in [0.1, 0.15) is 19.8 Å². The molecular weight excluding hydrogens is 280 g/mol. The predicted molar refractivity (Wildman–Crippen MR) is 85.5 cm³/mol. The number of hydrogen-bond donors (Lipinski definition) is 2. The molecule has 1 aromatic carbocycles. The van der Waals surface area contributed by atoms with Gasteiger partial charge >= 0.3 is 5.69 Å². The van der Waals surface area contributed by atoms with E-state index in [0.29, 0.717) is 12.5 Å². The second kappa shape index (κ2) is 5.96. The van der Waals surface area contributed by atoms with Crippen molar-refractivity contribution in [3.8, 4) is 0 Å². The van der Waals surface area contributed by atoms with Gasteiger partial charge in [-0.05, 0) is 30.9 Å². The Morgan fingerprint density at radius 2 is 2.18 bits per heavy atom. The molecule has 2 heterocycles. The maximum Gasteiger partial charge on any atom is 0.326 e. The first-order valence-corrected chi connectivity index (χ1v) is 7.79. The second-order valence-corrected chi connectivity index (χ2v) is 6.04. The number of fused-ring (bicyclic) bond motifs is 1. The number of amides is 1. The molecule has 2 aromatic rings. The first-order chi connectivity index (χ1) is 10.6. The molecule has 1 aromatic heterocycles. The van der Waals surface area contributed by atoms with Gasteiger partial charge in [-0.15, -0.1) is 0 Å². The molecule has 6 heteroatoms. The number of imidazole rings is 1. The fraction of sp³-hybridized carbons (Fsp3) is 0.500. The van der Waals surface area contributed by atoms with Crippen LogP contribution in [0.4, 0.5) is 0 Å². The van der Waals surface area contributed by atoms with Crippen molar-refractivity contribution in [1.29, 1.82) is 0 Å². The van der Waals surface area contributed by atoms with Crippen molar-refractivity contribution in [2.75, 3.05) is 13.1 Å². The van der Waals surface area contributed by atoms with E-state index in [-0.39, 0.29) is 24.2 Å². The summed E-state index contributed by atoms with van der Waals surface area (Å²) in [5.41, 5.74) is 7.11. The maximum absolute atomic E-state index is 12.7. The van der Waals surface area contributed by atoms with E-state index in [1.165, 1.54) is 4.57 Å². The van der Waals surface area contributed by atoms with Crippen molar-refractivity contribution >= 4 is 16.9 Å². The summed E-state index contributed by atoms with van der Waals surface area (Å²) in [5.74, 6) is 0.372. The number of carbonyl (C=O) groups excluding carboxylic acids is 1. The molecule has 1 fully saturated rings. The van der Waals surface area contributed by atoms with E-state index in [1.54, 1.807) is 0 Å². The quantitative estimate of drug-likeness (QED) is 0.884. The molecule has 1 amide bonds. The summed E-state index contributed by atoms with van der Waals surface area (Å²) < 4.78 is 1.50. The lowest BCUT2D eigenvalue weighted by Crippen LogP contribution is -2.52. The van der Waals surface area contributed by atoms with Crippen molar-refractivity contribution in [2.45, 2.75) is 32.4 Å². The number of aromatic amines is 1. The zero-order valence-corrected chi connectivity index (χ0v) is 12.8. The van der Waals surface area contributed by atoms with Crippen molar-refractivity contribution in [2.24, 2.45) is 11.7 Å². The van der Waals surface area contributed by atoms with Gasteiger partial charge in [0.2, 0.25) is 5.91 Å². The fourth-order valence-electron chi connectivity index (χ4n) is 3.41. The van der Waals surface area contributed by atoms with Gasteiger partial charge in [0.15, 0.2) is 0 Å². The molecule has 22 heavy (non-hydrogen) atoms. The number of likely N-dealkylation sites (tertiary alicyclic amines) is 1. The van der Waals surface area contributed by atoms with Crippen molar-refractivity contribution in [1.82, 2.24) is 14.5 Å². The van der Waals surface area contributed by atoms with Crippen LogP contribution in [-0.2, 0) is 11.3 Å². The van der Waals surface area contributed by atoms with Crippen LogP contribution in [-0.4, -0.2) is 39.5 Å². The van der Waals surface area contributed by atoms with Gasteiger partial charge in [-0.3, -0.25) is 9.36 Å². The van der Waals surface area contributed by atoms with Crippen molar-refractivity contribution in [3.05, 3.63) is 34.7 Å². The fourth-order valence-corrected chi connectivity index (χ4v) is 3.41. The molecule has 0 unspecified atom stereocenters. The molecule has 0 bridgehead atoms. The van der Waals surface area contributed by atoms with E-state index >= 15 is 0 Å². The Hall–Kier alpha value is -2.08. The number of nitrogens with one attached hydrogen (secondary N) is 1. The van der Waals surface area contributed by atoms with E-state index in [4.69, 9.17) is 5.73 Å². The number of carbonyl (C=O) groups is 1. The summed E-state index contributed by atoms with van der Waals surface area (Å²) >= 11 is 0. The van der Waals surface area contributed by atoms with Gasteiger partial charge in [0, 0.05) is 19.1 Å². The summed E-state index contributed by atoms with van der Waals surface area (Å²) in [4.78, 5) is 29.4. The molecule has 1 aliphatic rings. The average Bonchev–Trinajstić information content (AvgIpc) is 2.83. The Balaban J connectivity index is 1.86. The number of para-hydroxylation sites is 2. The Labute approximate surface area is 128 Å². The molecule has 3 rings (SSSR count). The lowest BCUT2D eigenvalue weighted by atomic mass is 9.91. The van der Waals surface area contributed by atoms with Crippen LogP contribution in [0.2, 0.25) is 0 Å². The van der Waals surface area contributed by atoms with Gasteiger partial charge < -0.3 is 15.6 Å². The minimum atomic E-state index is -0.246. The smallest absolute Gasteiger partial charge is 0.326 e. The first-order valence-electron chi connectivity index (χ1n) is 7.79. The van der Waals surface area contributed by atoms with Gasteiger partial charge in [-0.2, -0.15) is 0 Å². The van der Waals surface area contributed by atoms with Crippen molar-refractivity contribution in [3.63, 3.8) is 0 Å². The van der Waals surface area contributed by atoms with E-state index in [2.05, 4.69) is 11.9 Å². The van der Waals surface area contributed by atoms with Crippen LogP contribution in [0.5, 0.6) is 0 Å². The van der Waals surface area contributed by atoms with Crippen LogP contribution in [0.25, 0.3) is 11.0 Å². The highest BCUT2D eigenvalue weighted by Crippen LogP contribution is 2.23. The molecule has 2 atom stereocenters. The molecule has 0 spiro atoms. The SMILES string of the molecule is C[C@@H]1CCCN(C(=O)Cn2c(=O)[nH]c3ccccc32)[C@@H]1CN. The van der Waals surface area contributed by atoms with Crippen molar-refractivity contribution < 1.29 is 4.79 Å². The molecule has 0 saturated carbocycles. The minimum absolute atomic E-state index is 0.0335. The lowest BCUT2D eigenvalue weighted by molar-refractivity contribution is -0.136. The van der Waals surface area contributed by atoms with E-state index in [1.807, 2.05) is 29.2 Å². The first kappa shape index (κ1) is 14.8. The Bertz CT molecular complexity index is 733. The molecule has 6 nitrogen and oxygen atoms in total. The van der Waals surface area contributed by atoms with Gasteiger partial charge in [0.1, 0.15) is 6.54 Å². The number of nitrogens with two attached hydrogens (primary N) is 1. The zero-order chi connectivity index (χ0) is 15.7. The number of rotatable bonds is 3. The maximum atomic E-state index is 12.7. The predicted octanol–water partition coefficient (Wildman–Crippen LogP) is 0.915. The molecule has 0 radical (unpaired) electrons. The molecule has 1 aliphatic heterocycles. The largest absolute Gasteiger partial charge is 0.337 e. The number of benzene rings is 1. The Morgan fingerprint density at radius 1 is 1.41 bits per heavy atom. The van der Waals surface area contributed by atoms with Crippen LogP contribution in [0, 0.1) is 5.92 Å². The van der Waals surface area contributed by atoms with E-state index < -0.39 is 0 Å². The summed E-state index contributed by atoms with van der Waals surface area (Å²) in [6.45, 7) is 3.39. The number of hydrogen-bond acceptors (Lipinski definition) is 3. The van der Waals surface area contributed by atoms with E-state index in [9.17, 15) is 9.59 Å². The highest BCUT2D eigenvalue weighted by molar-refractivity contribution is 5.80. The molecule has 0 aliphatic carbocycles. The summed E-state index contributed by atoms with van der Waals surface area (Å²) in [6.07, 6.45) is 2.09. The highest BCUT2D eigenvalue weighted by atomic mass is 16.2. The van der Waals surface area contributed by atoms with Gasteiger partial charge in [0.25, 0.3) is 0 Å². The molecule has 3 N–H and O–H groups in total. The van der Waals surface area contributed by atoms with Gasteiger partial charge in [-0.1, -0.05) is 19.1 Å². The topological polar surface area (TPSA) is 84.1 Å². The highest BCUT2D eigenvalue weighted by Gasteiger charge is 2.31. The van der Waals surface area contributed by atoms with E-state index in [0.717, 1.165) is 30.4 Å². The summed E-state index contributed by atoms with van der Waals surface area (Å²) in [7, 11) is 0. The normalized spacial score (nSPS) is 22.2. The minimum Gasteiger partial charge on any atom is -0.337 e. The molecule has 118 valence electrons. The summed E-state index contributed by atoms with van der Waals surface area (Å²) in [5, 5.41) is 0. The number of aromatic nitrogens is 2. The van der Waals surface area contributed by atoms with Gasteiger partial charge in [-0.25, -0.2) is 4.79 Å². The third-order valence-electron chi connectivity index (χ3n) is 4.65. The zero-order valence-electron chi connectivity index (χ0n) is 12.8. The third kappa shape index (κ3) is 2.54. The lowest BCUT2D eigenvalue weighted by Gasteiger charge is -2.39. The second-order valence-electron chi connectivity index (χ2n) is 6.04. The van der Waals surface area contributed by atoms with Gasteiger partial charge in [0.05, 0.1) is 11.0 Å². The summed E-state index contributed by atoms with van der Waals surface area (Å²) in [6, 6.07) is 7.48. The van der Waals surface area contributed by atoms with Crippen LogP contribution >= 0.6 is 0 Å². The monoisotopic (exact) mass is 302 g/mol. The average molecular weight is 302 g/mol. The third-order valence-corrected chi connectivity index (χ3v) is 4.65. The van der Waals surface area contributed by atoms with Crippen LogP contribution < -0.4 is 11.4 Å². The van der Waals surface area contributed by atoms with Crippen LogP contribution in [0.15, 0.2) is 29.1 Å². The Kier molecular flexibility index (Phi) is 4.02. The standard InChI is InChI=1S/C16H22N4O2/c1-11-5-4-8-19(14(11)9-17)15(21)10-20-13-7-3-2-6-12(13)18-16(20)22/h2-3,6-7,11,14H,4-5,8-10,17H2,1H3,(H,18,22)/t11-,14-/m1/s1. The molecule has 1 saturated heterocycles.